The van der Waals surface area contributed by atoms with Gasteiger partial charge in [-0.1, -0.05) is 11.6 Å². The number of aromatic nitrogens is 1. The van der Waals surface area contributed by atoms with Crippen LogP contribution < -0.4 is 4.72 Å². The molecule has 0 amide bonds. The molecular formula is C26H28ClN3O4S2. The molecule has 5 rings (SSSR count). The highest BCUT2D eigenvalue weighted by molar-refractivity contribution is 7.95. The summed E-state index contributed by atoms with van der Waals surface area (Å²) in [5, 5.41) is 12.2. The van der Waals surface area contributed by atoms with Gasteiger partial charge in [-0.05, 0) is 99.6 Å². The number of halogens is 1. The van der Waals surface area contributed by atoms with Crippen LogP contribution in [0.5, 0.6) is 0 Å². The van der Waals surface area contributed by atoms with Crippen molar-refractivity contribution in [1.82, 2.24) is 9.47 Å². The molecule has 1 saturated heterocycles. The molecule has 2 N–H and O–H groups in total. The average molecular weight is 546 g/mol. The van der Waals surface area contributed by atoms with Gasteiger partial charge in [-0.15, -0.1) is 11.3 Å². The smallest absolute Gasteiger partial charge is 0.337 e. The molecule has 0 radical (unpaired) electrons. The molecule has 10 heteroatoms. The van der Waals surface area contributed by atoms with Crippen LogP contribution in [-0.4, -0.2) is 49.1 Å². The van der Waals surface area contributed by atoms with Gasteiger partial charge in [-0.25, -0.2) is 13.2 Å². The Hall–Kier alpha value is -2.59. The van der Waals surface area contributed by atoms with Crippen LogP contribution in [0.4, 0.5) is 5.69 Å². The highest BCUT2D eigenvalue weighted by atomic mass is 35.5. The van der Waals surface area contributed by atoms with Crippen LogP contribution in [0.25, 0.3) is 21.0 Å². The lowest BCUT2D eigenvalue weighted by molar-refractivity contribution is 0.0698. The number of thiophene rings is 1. The Labute approximate surface area is 219 Å². The summed E-state index contributed by atoms with van der Waals surface area (Å²) in [6, 6.07) is 8.56. The normalized spacial score (nSPS) is 15.7. The minimum absolute atomic E-state index is 0.0593. The molecule has 1 fully saturated rings. The van der Waals surface area contributed by atoms with E-state index in [1.54, 1.807) is 37.3 Å². The Morgan fingerprint density at radius 3 is 2.58 bits per heavy atom. The first kappa shape index (κ1) is 25.1. The van der Waals surface area contributed by atoms with Crippen molar-refractivity contribution in [3.05, 3.63) is 58.2 Å². The zero-order chi connectivity index (χ0) is 25.8. The highest BCUT2D eigenvalue weighted by Crippen LogP contribution is 2.39. The predicted octanol–water partition coefficient (Wildman–Crippen LogP) is 6.15. The third-order valence-corrected chi connectivity index (χ3v) is 10.6. The van der Waals surface area contributed by atoms with Gasteiger partial charge in [0.15, 0.2) is 0 Å². The van der Waals surface area contributed by atoms with Crippen molar-refractivity contribution < 1.29 is 18.3 Å². The number of carboxylic acids is 1. The number of likely N-dealkylation sites (tertiary alicyclic amines) is 1. The number of piperidine rings is 1. The quantitative estimate of drug-likeness (QED) is 0.303. The number of aryl methyl sites for hydroxylation is 2. The molecular weight excluding hydrogens is 518 g/mol. The Bertz CT molecular complexity index is 1600. The highest BCUT2D eigenvalue weighted by Gasteiger charge is 2.27. The molecule has 0 unspecified atom stereocenters. The molecule has 4 aromatic rings. The fourth-order valence-electron chi connectivity index (χ4n) is 5.15. The minimum Gasteiger partial charge on any atom is -0.478 e. The average Bonchev–Trinajstić information content (AvgIpc) is 3.36. The van der Waals surface area contributed by atoms with Crippen molar-refractivity contribution in [2.24, 2.45) is 0 Å². The number of aromatic carboxylic acids is 1. The number of fused-ring (bicyclic) bond motifs is 2. The maximum atomic E-state index is 13.5. The van der Waals surface area contributed by atoms with E-state index in [9.17, 15) is 18.3 Å². The first-order valence-corrected chi connectivity index (χ1v) is 14.6. The molecule has 0 spiro atoms. The lowest BCUT2D eigenvalue weighted by Gasteiger charge is -2.28. The van der Waals surface area contributed by atoms with Crippen molar-refractivity contribution in [1.29, 1.82) is 0 Å². The number of rotatable bonds is 6. The number of nitrogens with one attached hydrogen (secondary N) is 1. The van der Waals surface area contributed by atoms with Gasteiger partial charge in [0, 0.05) is 27.9 Å². The first-order valence-electron chi connectivity index (χ1n) is 11.9. The Morgan fingerprint density at radius 2 is 1.92 bits per heavy atom. The topological polar surface area (TPSA) is 91.6 Å². The number of nitrogens with zero attached hydrogens (tertiary/aromatic N) is 2. The minimum atomic E-state index is -4.04. The van der Waals surface area contributed by atoms with E-state index >= 15 is 0 Å². The van der Waals surface area contributed by atoms with Gasteiger partial charge in [0.2, 0.25) is 0 Å². The van der Waals surface area contributed by atoms with Crippen LogP contribution in [0.15, 0.2) is 40.7 Å². The van der Waals surface area contributed by atoms with E-state index in [0.29, 0.717) is 23.0 Å². The number of carbonyl (C=O) groups is 1. The van der Waals surface area contributed by atoms with E-state index in [4.69, 9.17) is 11.6 Å². The first-order chi connectivity index (χ1) is 17.1. The number of hydrogen-bond acceptors (Lipinski definition) is 5. The van der Waals surface area contributed by atoms with Crippen LogP contribution in [0.2, 0.25) is 5.02 Å². The second-order valence-corrected chi connectivity index (χ2v) is 12.8. The SMILES string of the molecule is CCn1cc(C2CCN(C)CC2)c2cc(C(=O)O)c(NS(=O)(=O)c3sc4ccc(Cl)cc4c3C)cc21. The summed E-state index contributed by atoms with van der Waals surface area (Å²) in [5.41, 5.74) is 2.55. The third-order valence-electron chi connectivity index (χ3n) is 7.12. The molecule has 190 valence electrons. The predicted molar refractivity (Wildman–Crippen MR) is 146 cm³/mol. The van der Waals surface area contributed by atoms with Crippen LogP contribution >= 0.6 is 22.9 Å². The second-order valence-electron chi connectivity index (χ2n) is 9.43. The van der Waals surface area contributed by atoms with Gasteiger partial charge >= 0.3 is 5.97 Å². The summed E-state index contributed by atoms with van der Waals surface area (Å²) in [4.78, 5) is 14.6. The lowest BCUT2D eigenvalue weighted by Crippen LogP contribution is -2.29. The Kier molecular flexibility index (Phi) is 6.53. The van der Waals surface area contributed by atoms with Gasteiger partial charge in [-0.3, -0.25) is 4.72 Å². The number of hydrogen-bond donors (Lipinski definition) is 2. The Balaban J connectivity index is 1.61. The summed E-state index contributed by atoms with van der Waals surface area (Å²) < 4.78 is 32.6. The molecule has 0 aliphatic carbocycles. The van der Waals surface area contributed by atoms with Gasteiger partial charge in [0.25, 0.3) is 10.0 Å². The molecule has 2 aromatic carbocycles. The van der Waals surface area contributed by atoms with E-state index in [1.807, 2.05) is 6.92 Å². The molecule has 7 nitrogen and oxygen atoms in total. The van der Waals surface area contributed by atoms with Gasteiger partial charge in [-0.2, -0.15) is 0 Å². The summed E-state index contributed by atoms with van der Waals surface area (Å²) in [5.74, 6) is -0.832. The number of carboxylic acid groups (broad SMARTS) is 1. The maximum Gasteiger partial charge on any atom is 0.337 e. The van der Waals surface area contributed by atoms with E-state index in [0.717, 1.165) is 63.8 Å². The molecule has 2 aromatic heterocycles. The van der Waals surface area contributed by atoms with Crippen molar-refractivity contribution in [3.63, 3.8) is 0 Å². The van der Waals surface area contributed by atoms with Crippen molar-refractivity contribution in [2.75, 3.05) is 24.9 Å². The largest absolute Gasteiger partial charge is 0.478 e. The fourth-order valence-corrected chi connectivity index (χ4v) is 8.14. The van der Waals surface area contributed by atoms with Crippen molar-refractivity contribution >= 4 is 65.6 Å². The zero-order valence-electron chi connectivity index (χ0n) is 20.3. The third kappa shape index (κ3) is 4.38. The summed E-state index contributed by atoms with van der Waals surface area (Å²) in [7, 11) is -1.92. The molecule has 1 aliphatic heterocycles. The standard InChI is InChI=1S/C26H28ClN3O4S2/c1-4-30-14-21(16-7-9-29(3)10-8-16)19-12-20(25(31)32)22(13-23(19)30)28-36(33,34)26-15(2)18-11-17(27)5-6-24(18)35-26/h5-6,11-14,16,28H,4,7-10H2,1-3H3,(H,31,32). The second kappa shape index (κ2) is 9.37. The van der Waals surface area contributed by atoms with E-state index in [1.165, 1.54) is 0 Å². The summed E-state index contributed by atoms with van der Waals surface area (Å²) >= 11 is 7.26. The molecule has 36 heavy (non-hydrogen) atoms. The number of sulfonamides is 1. The van der Waals surface area contributed by atoms with E-state index in [-0.39, 0.29) is 15.5 Å². The summed E-state index contributed by atoms with van der Waals surface area (Å²) in [6.45, 7) is 6.44. The monoisotopic (exact) mass is 545 g/mol. The van der Waals surface area contributed by atoms with Gasteiger partial charge in [0.1, 0.15) is 4.21 Å². The van der Waals surface area contributed by atoms with Crippen molar-refractivity contribution in [2.45, 2.75) is 43.4 Å². The van der Waals surface area contributed by atoms with Crippen LogP contribution in [0, 0.1) is 6.92 Å². The summed E-state index contributed by atoms with van der Waals surface area (Å²) in [6.07, 6.45) is 4.11. The maximum absolute atomic E-state index is 13.5. The molecule has 0 atom stereocenters. The Morgan fingerprint density at radius 1 is 1.19 bits per heavy atom. The number of benzene rings is 2. The fraction of sp³-hybridized carbons (Fsp3) is 0.346. The van der Waals surface area contributed by atoms with E-state index < -0.39 is 16.0 Å². The molecule has 1 aliphatic rings. The van der Waals surface area contributed by atoms with Crippen LogP contribution in [0.3, 0.4) is 0 Å². The van der Waals surface area contributed by atoms with Crippen LogP contribution in [0.1, 0.15) is 47.2 Å². The van der Waals surface area contributed by atoms with Crippen molar-refractivity contribution in [3.8, 4) is 0 Å². The van der Waals surface area contributed by atoms with Gasteiger partial charge in [0.05, 0.1) is 16.8 Å². The van der Waals surface area contributed by atoms with Crippen LogP contribution in [-0.2, 0) is 16.6 Å². The van der Waals surface area contributed by atoms with Gasteiger partial charge < -0.3 is 14.6 Å². The molecule has 0 bridgehead atoms. The zero-order valence-corrected chi connectivity index (χ0v) is 22.7. The molecule has 0 saturated carbocycles. The lowest BCUT2D eigenvalue weighted by atomic mass is 9.89. The van der Waals surface area contributed by atoms with E-state index in [2.05, 4.69) is 27.4 Å². The number of anilines is 1. The molecule has 3 heterocycles.